The van der Waals surface area contributed by atoms with Gasteiger partial charge >= 0.3 is 0 Å². The molecule has 1 aromatic rings. The molecule has 0 aliphatic carbocycles. The monoisotopic (exact) mass is 335 g/mol. The average molecular weight is 335 g/mol. The van der Waals surface area contributed by atoms with Gasteiger partial charge in [-0.3, -0.25) is 0 Å². The van der Waals surface area contributed by atoms with E-state index in [1.54, 1.807) is 6.20 Å². The predicted molar refractivity (Wildman–Crippen MR) is 68.2 cm³/mol. The van der Waals surface area contributed by atoms with E-state index in [0.29, 0.717) is 32.6 Å². The number of nitrogens with one attached hydrogen (secondary N) is 1. The molecule has 16 heavy (non-hydrogen) atoms. The van der Waals surface area contributed by atoms with E-state index in [2.05, 4.69) is 37.9 Å². The van der Waals surface area contributed by atoms with Crippen molar-refractivity contribution in [2.45, 2.75) is 18.4 Å². The molecule has 1 aliphatic heterocycles. The van der Waals surface area contributed by atoms with Crippen molar-refractivity contribution in [2.24, 2.45) is 0 Å². The number of aliphatic hydroxyl groups is 1. The molecule has 1 aromatic heterocycles. The molecule has 0 atom stereocenters. The molecular formula is C10H14IN3O2. The number of rotatable bonds is 3. The number of aromatic nitrogens is 2. The third-order valence-corrected chi connectivity index (χ3v) is 3.47. The Morgan fingerprint density at radius 1 is 1.50 bits per heavy atom. The first-order chi connectivity index (χ1) is 7.70. The first-order valence-corrected chi connectivity index (χ1v) is 6.27. The summed E-state index contributed by atoms with van der Waals surface area (Å²) in [6, 6.07) is 0. The van der Waals surface area contributed by atoms with E-state index >= 15 is 0 Å². The van der Waals surface area contributed by atoms with Crippen molar-refractivity contribution in [3.63, 3.8) is 0 Å². The van der Waals surface area contributed by atoms with Gasteiger partial charge in [0.1, 0.15) is 12.1 Å². The van der Waals surface area contributed by atoms with Gasteiger partial charge < -0.3 is 15.2 Å². The topological polar surface area (TPSA) is 67.3 Å². The van der Waals surface area contributed by atoms with E-state index in [-0.39, 0.29) is 0 Å². The zero-order chi connectivity index (χ0) is 11.4. The highest BCUT2D eigenvalue weighted by Crippen LogP contribution is 2.21. The molecule has 0 radical (unpaired) electrons. The van der Waals surface area contributed by atoms with E-state index < -0.39 is 5.60 Å². The molecule has 0 unspecified atom stereocenters. The van der Waals surface area contributed by atoms with Crippen molar-refractivity contribution in [1.82, 2.24) is 9.97 Å². The lowest BCUT2D eigenvalue weighted by Crippen LogP contribution is -2.42. The molecule has 0 saturated carbocycles. The van der Waals surface area contributed by atoms with Crippen molar-refractivity contribution in [3.05, 3.63) is 16.1 Å². The summed E-state index contributed by atoms with van der Waals surface area (Å²) in [5.74, 6) is 0.774. The summed E-state index contributed by atoms with van der Waals surface area (Å²) < 4.78 is 6.18. The molecule has 1 saturated heterocycles. The van der Waals surface area contributed by atoms with Crippen molar-refractivity contribution in [3.8, 4) is 0 Å². The molecule has 1 aliphatic rings. The van der Waals surface area contributed by atoms with Gasteiger partial charge in [0.2, 0.25) is 0 Å². The minimum absolute atomic E-state index is 0.503. The van der Waals surface area contributed by atoms with Gasteiger partial charge in [0.15, 0.2) is 0 Å². The fourth-order valence-corrected chi connectivity index (χ4v) is 2.11. The largest absolute Gasteiger partial charge is 0.388 e. The van der Waals surface area contributed by atoms with Gasteiger partial charge in [0.05, 0.1) is 9.17 Å². The van der Waals surface area contributed by atoms with Gasteiger partial charge in [-0.1, -0.05) is 0 Å². The molecule has 0 spiro atoms. The Bertz CT molecular complexity index is 356. The van der Waals surface area contributed by atoms with Gasteiger partial charge in [0.25, 0.3) is 0 Å². The fourth-order valence-electron chi connectivity index (χ4n) is 1.62. The van der Waals surface area contributed by atoms with E-state index in [1.165, 1.54) is 6.33 Å². The molecule has 0 bridgehead atoms. The molecule has 0 aromatic carbocycles. The van der Waals surface area contributed by atoms with Crippen LogP contribution in [-0.2, 0) is 4.74 Å². The van der Waals surface area contributed by atoms with Crippen LogP contribution in [0.5, 0.6) is 0 Å². The standard InChI is InChI=1S/C10H14IN3O2/c11-8-5-12-7-14-9(8)13-6-10(15)1-3-16-4-2-10/h5,7,15H,1-4,6H2,(H,12,13,14). The lowest BCUT2D eigenvalue weighted by Gasteiger charge is -2.32. The Labute approximate surface area is 108 Å². The molecular weight excluding hydrogens is 321 g/mol. The van der Waals surface area contributed by atoms with Crippen LogP contribution in [0.4, 0.5) is 5.82 Å². The molecule has 2 rings (SSSR count). The normalized spacial score (nSPS) is 19.4. The van der Waals surface area contributed by atoms with E-state index in [9.17, 15) is 5.11 Å². The summed E-state index contributed by atoms with van der Waals surface area (Å²) in [6.07, 6.45) is 4.58. The minimum Gasteiger partial charge on any atom is -0.388 e. The summed E-state index contributed by atoms with van der Waals surface area (Å²) in [5.41, 5.74) is -0.674. The second kappa shape index (κ2) is 5.24. The van der Waals surface area contributed by atoms with Crippen LogP contribution in [0.15, 0.2) is 12.5 Å². The van der Waals surface area contributed by atoms with E-state index in [4.69, 9.17) is 4.74 Å². The van der Waals surface area contributed by atoms with Crippen LogP contribution in [0.1, 0.15) is 12.8 Å². The fraction of sp³-hybridized carbons (Fsp3) is 0.600. The molecule has 1 fully saturated rings. The summed E-state index contributed by atoms with van der Waals surface area (Å²) >= 11 is 2.17. The van der Waals surface area contributed by atoms with E-state index in [0.717, 1.165) is 9.39 Å². The summed E-state index contributed by atoms with van der Waals surface area (Å²) in [6.45, 7) is 1.75. The minimum atomic E-state index is -0.674. The van der Waals surface area contributed by atoms with Crippen LogP contribution in [0, 0.1) is 3.57 Å². The third-order valence-electron chi connectivity index (χ3n) is 2.68. The summed E-state index contributed by atoms with van der Waals surface area (Å²) in [5, 5.41) is 13.4. The average Bonchev–Trinajstić information content (AvgIpc) is 2.29. The van der Waals surface area contributed by atoms with Crippen molar-refractivity contribution >= 4 is 28.4 Å². The second-order valence-corrected chi connectivity index (χ2v) is 5.07. The van der Waals surface area contributed by atoms with Crippen molar-refractivity contribution in [2.75, 3.05) is 25.1 Å². The molecule has 2 heterocycles. The highest BCUT2D eigenvalue weighted by Gasteiger charge is 2.29. The van der Waals surface area contributed by atoms with Crippen LogP contribution in [0.3, 0.4) is 0 Å². The Morgan fingerprint density at radius 2 is 2.25 bits per heavy atom. The molecule has 2 N–H and O–H groups in total. The highest BCUT2D eigenvalue weighted by atomic mass is 127. The Kier molecular flexibility index (Phi) is 3.93. The summed E-state index contributed by atoms with van der Waals surface area (Å²) in [7, 11) is 0. The Hall–Kier alpha value is -0.470. The maximum Gasteiger partial charge on any atom is 0.142 e. The first-order valence-electron chi connectivity index (χ1n) is 5.19. The number of ether oxygens (including phenoxy) is 1. The zero-order valence-electron chi connectivity index (χ0n) is 8.82. The number of hydrogen-bond donors (Lipinski definition) is 2. The van der Waals surface area contributed by atoms with Gasteiger partial charge in [-0.2, -0.15) is 0 Å². The van der Waals surface area contributed by atoms with Crippen LogP contribution in [-0.4, -0.2) is 40.4 Å². The zero-order valence-corrected chi connectivity index (χ0v) is 11.0. The Balaban J connectivity index is 1.94. The Morgan fingerprint density at radius 3 is 2.94 bits per heavy atom. The lowest BCUT2D eigenvalue weighted by atomic mass is 9.94. The van der Waals surface area contributed by atoms with Crippen LogP contribution < -0.4 is 5.32 Å². The maximum absolute atomic E-state index is 10.2. The molecule has 88 valence electrons. The number of halogens is 1. The van der Waals surface area contributed by atoms with Gasteiger partial charge in [-0.05, 0) is 22.6 Å². The SMILES string of the molecule is OC1(CNc2ncncc2I)CCOCC1. The predicted octanol–water partition coefficient (Wildman–Crippen LogP) is 1.03. The van der Waals surface area contributed by atoms with Crippen molar-refractivity contribution in [1.29, 1.82) is 0 Å². The number of anilines is 1. The van der Waals surface area contributed by atoms with E-state index in [1.807, 2.05) is 0 Å². The van der Waals surface area contributed by atoms with Crippen LogP contribution in [0.25, 0.3) is 0 Å². The van der Waals surface area contributed by atoms with Gasteiger partial charge in [-0.15, -0.1) is 0 Å². The van der Waals surface area contributed by atoms with Crippen molar-refractivity contribution < 1.29 is 9.84 Å². The quantitative estimate of drug-likeness (QED) is 0.808. The van der Waals surface area contributed by atoms with Gasteiger partial charge in [-0.25, -0.2) is 9.97 Å². The first kappa shape index (κ1) is 12.0. The maximum atomic E-state index is 10.2. The highest BCUT2D eigenvalue weighted by molar-refractivity contribution is 14.1. The second-order valence-electron chi connectivity index (χ2n) is 3.91. The molecule has 0 amide bonds. The molecule has 5 nitrogen and oxygen atoms in total. The van der Waals surface area contributed by atoms with Crippen LogP contribution in [0.2, 0.25) is 0 Å². The smallest absolute Gasteiger partial charge is 0.142 e. The number of hydrogen-bond acceptors (Lipinski definition) is 5. The lowest BCUT2D eigenvalue weighted by molar-refractivity contribution is -0.0543. The summed E-state index contributed by atoms with van der Waals surface area (Å²) in [4.78, 5) is 8.04. The van der Waals surface area contributed by atoms with Crippen LogP contribution >= 0.6 is 22.6 Å². The molecule has 6 heteroatoms. The number of nitrogens with zero attached hydrogens (tertiary/aromatic N) is 2. The van der Waals surface area contributed by atoms with Gasteiger partial charge in [0, 0.05) is 38.8 Å². The third kappa shape index (κ3) is 3.02.